The highest BCUT2D eigenvalue weighted by Crippen LogP contribution is 2.54. The lowest BCUT2D eigenvalue weighted by Gasteiger charge is -2.24. The Morgan fingerprint density at radius 1 is 1.22 bits per heavy atom. The fourth-order valence-electron chi connectivity index (χ4n) is 2.45. The minimum atomic E-state index is -0.0908. The predicted octanol–water partition coefficient (Wildman–Crippen LogP) is 1.75. The third-order valence-electron chi connectivity index (χ3n) is 4.04. The summed E-state index contributed by atoms with van der Waals surface area (Å²) in [6.45, 7) is 2.61. The summed E-state index contributed by atoms with van der Waals surface area (Å²) in [5.41, 5.74) is 14.3. The molecule has 1 aromatic carbocycles. The van der Waals surface area contributed by atoms with Crippen LogP contribution in [0.15, 0.2) is 12.1 Å². The monoisotopic (exact) mass is 250 g/mol. The van der Waals surface area contributed by atoms with E-state index in [0.717, 1.165) is 35.5 Å². The van der Waals surface area contributed by atoms with Crippen molar-refractivity contribution in [3.8, 4) is 11.5 Å². The smallest absolute Gasteiger partial charge is 0.124 e. The lowest BCUT2D eigenvalue weighted by atomic mass is 9.89. The van der Waals surface area contributed by atoms with Crippen LogP contribution in [0.4, 0.5) is 0 Å². The van der Waals surface area contributed by atoms with Crippen molar-refractivity contribution in [1.29, 1.82) is 0 Å². The van der Waals surface area contributed by atoms with E-state index in [0.29, 0.717) is 6.54 Å². The molecule has 1 atom stereocenters. The maximum atomic E-state index is 6.38. The molecule has 0 aliphatic heterocycles. The topological polar surface area (TPSA) is 70.5 Å². The first-order chi connectivity index (χ1) is 8.57. The molecule has 4 nitrogen and oxygen atoms in total. The van der Waals surface area contributed by atoms with E-state index >= 15 is 0 Å². The van der Waals surface area contributed by atoms with Gasteiger partial charge in [0, 0.05) is 17.0 Å². The fraction of sp³-hybridized carbons (Fsp3) is 0.571. The first-order valence-electron chi connectivity index (χ1n) is 6.26. The van der Waals surface area contributed by atoms with Crippen molar-refractivity contribution in [2.45, 2.75) is 25.8 Å². The van der Waals surface area contributed by atoms with Crippen LogP contribution in [0.25, 0.3) is 0 Å². The summed E-state index contributed by atoms with van der Waals surface area (Å²) in [5, 5.41) is 0. The van der Waals surface area contributed by atoms with Crippen LogP contribution in [0.3, 0.4) is 0 Å². The van der Waals surface area contributed by atoms with Gasteiger partial charge in [-0.2, -0.15) is 0 Å². The van der Waals surface area contributed by atoms with Gasteiger partial charge in [0.05, 0.1) is 14.2 Å². The molecule has 0 radical (unpaired) electrons. The maximum absolute atomic E-state index is 6.38. The Morgan fingerprint density at radius 2 is 1.83 bits per heavy atom. The van der Waals surface area contributed by atoms with Gasteiger partial charge in [0.25, 0.3) is 0 Å². The lowest BCUT2D eigenvalue weighted by molar-refractivity contribution is 0.368. The second-order valence-corrected chi connectivity index (χ2v) is 5.11. The highest BCUT2D eigenvalue weighted by molar-refractivity contribution is 5.48. The molecule has 1 aromatic rings. The number of methoxy groups -OCH3 is 2. The van der Waals surface area contributed by atoms with Crippen molar-refractivity contribution in [3.05, 3.63) is 23.3 Å². The van der Waals surface area contributed by atoms with Gasteiger partial charge in [0.2, 0.25) is 0 Å². The number of nitrogens with two attached hydrogens (primary N) is 2. The molecular formula is C14H22N2O2. The third-order valence-corrected chi connectivity index (χ3v) is 4.04. The maximum Gasteiger partial charge on any atom is 0.124 e. The molecule has 0 spiro atoms. The van der Waals surface area contributed by atoms with E-state index in [1.165, 1.54) is 0 Å². The largest absolute Gasteiger partial charge is 0.496 e. The van der Waals surface area contributed by atoms with Crippen molar-refractivity contribution in [2.24, 2.45) is 16.9 Å². The second-order valence-electron chi connectivity index (χ2n) is 5.11. The summed E-state index contributed by atoms with van der Waals surface area (Å²) in [6.07, 6.45) is 2.17. The molecule has 2 rings (SSSR count). The van der Waals surface area contributed by atoms with Crippen LogP contribution in [0.1, 0.15) is 30.0 Å². The Balaban J connectivity index is 2.42. The predicted molar refractivity (Wildman–Crippen MR) is 71.9 cm³/mol. The lowest BCUT2D eigenvalue weighted by Crippen LogP contribution is -2.30. The quantitative estimate of drug-likeness (QED) is 0.835. The first kappa shape index (κ1) is 13.2. The van der Waals surface area contributed by atoms with Crippen LogP contribution in [0, 0.1) is 12.3 Å². The highest BCUT2D eigenvalue weighted by atomic mass is 16.5. The summed E-state index contributed by atoms with van der Waals surface area (Å²) >= 11 is 0. The van der Waals surface area contributed by atoms with Gasteiger partial charge in [-0.3, -0.25) is 0 Å². The van der Waals surface area contributed by atoms with E-state index in [1.807, 2.05) is 19.1 Å². The van der Waals surface area contributed by atoms with Crippen molar-refractivity contribution < 1.29 is 9.47 Å². The molecule has 1 aliphatic carbocycles. The molecule has 18 heavy (non-hydrogen) atoms. The van der Waals surface area contributed by atoms with Crippen LogP contribution in [-0.4, -0.2) is 20.8 Å². The molecule has 100 valence electrons. The van der Waals surface area contributed by atoms with Crippen molar-refractivity contribution in [1.82, 2.24) is 0 Å². The number of benzene rings is 1. The van der Waals surface area contributed by atoms with Crippen LogP contribution < -0.4 is 20.9 Å². The highest BCUT2D eigenvalue weighted by Gasteiger charge is 2.48. The molecule has 1 unspecified atom stereocenters. The van der Waals surface area contributed by atoms with E-state index in [1.54, 1.807) is 14.2 Å². The molecule has 1 saturated carbocycles. The van der Waals surface area contributed by atoms with Crippen LogP contribution in [0.5, 0.6) is 11.5 Å². The summed E-state index contributed by atoms with van der Waals surface area (Å²) in [5.74, 6) is 1.66. The van der Waals surface area contributed by atoms with Gasteiger partial charge < -0.3 is 20.9 Å². The summed E-state index contributed by atoms with van der Waals surface area (Å²) < 4.78 is 10.8. The van der Waals surface area contributed by atoms with Crippen LogP contribution >= 0.6 is 0 Å². The van der Waals surface area contributed by atoms with Crippen molar-refractivity contribution in [3.63, 3.8) is 0 Å². The van der Waals surface area contributed by atoms with E-state index in [9.17, 15) is 0 Å². The average molecular weight is 250 g/mol. The first-order valence-corrected chi connectivity index (χ1v) is 6.26. The molecule has 0 aromatic heterocycles. The van der Waals surface area contributed by atoms with E-state index in [4.69, 9.17) is 20.9 Å². The Morgan fingerprint density at radius 3 is 2.28 bits per heavy atom. The number of ether oxygens (including phenoxy) is 2. The molecule has 1 aliphatic rings. The van der Waals surface area contributed by atoms with E-state index < -0.39 is 0 Å². The van der Waals surface area contributed by atoms with Crippen LogP contribution in [-0.2, 0) is 0 Å². The van der Waals surface area contributed by atoms with Crippen LogP contribution in [0.2, 0.25) is 0 Å². The summed E-state index contributed by atoms with van der Waals surface area (Å²) in [7, 11) is 3.33. The summed E-state index contributed by atoms with van der Waals surface area (Å²) in [6, 6.07) is 3.86. The molecular weight excluding hydrogens is 228 g/mol. The zero-order valence-electron chi connectivity index (χ0n) is 11.3. The van der Waals surface area contributed by atoms with Gasteiger partial charge in [0.1, 0.15) is 11.5 Å². The zero-order valence-corrected chi connectivity index (χ0v) is 11.3. The normalized spacial score (nSPS) is 18.3. The van der Waals surface area contributed by atoms with Gasteiger partial charge in [-0.05, 0) is 44.0 Å². The molecule has 4 heteroatoms. The molecule has 0 heterocycles. The van der Waals surface area contributed by atoms with Crippen molar-refractivity contribution in [2.75, 3.05) is 20.8 Å². The van der Waals surface area contributed by atoms with E-state index in [-0.39, 0.29) is 11.5 Å². The molecule has 0 bridgehead atoms. The molecule has 0 amide bonds. The SMILES string of the molecule is COc1cc(C(N)C2(CN)CC2)c(OC)cc1C. The van der Waals surface area contributed by atoms with Gasteiger partial charge in [-0.1, -0.05) is 0 Å². The Bertz CT molecular complexity index is 442. The average Bonchev–Trinajstić information content (AvgIpc) is 3.18. The minimum Gasteiger partial charge on any atom is -0.496 e. The van der Waals surface area contributed by atoms with E-state index in [2.05, 4.69) is 0 Å². The number of aryl methyl sites for hydroxylation is 1. The Hall–Kier alpha value is -1.26. The summed E-state index contributed by atoms with van der Waals surface area (Å²) in [4.78, 5) is 0. The number of hydrogen-bond acceptors (Lipinski definition) is 4. The Kier molecular flexibility index (Phi) is 3.50. The van der Waals surface area contributed by atoms with Gasteiger partial charge in [-0.15, -0.1) is 0 Å². The number of hydrogen-bond donors (Lipinski definition) is 2. The minimum absolute atomic E-state index is 0.0492. The van der Waals surface area contributed by atoms with Crippen molar-refractivity contribution >= 4 is 0 Å². The third kappa shape index (κ3) is 2.06. The Labute approximate surface area is 108 Å². The molecule has 0 saturated heterocycles. The zero-order chi connectivity index (χ0) is 13.3. The fourth-order valence-corrected chi connectivity index (χ4v) is 2.45. The standard InChI is InChI=1S/C14H22N2O2/c1-9-6-12(18-3)10(7-11(9)17-2)13(16)14(8-15)4-5-14/h6-7,13H,4-5,8,15-16H2,1-3H3. The van der Waals surface area contributed by atoms with Gasteiger partial charge >= 0.3 is 0 Å². The molecule has 1 fully saturated rings. The number of rotatable bonds is 5. The second kappa shape index (κ2) is 4.78. The molecule has 4 N–H and O–H groups in total. The van der Waals surface area contributed by atoms with Gasteiger partial charge in [0.15, 0.2) is 0 Å². The van der Waals surface area contributed by atoms with Gasteiger partial charge in [-0.25, -0.2) is 0 Å².